The minimum atomic E-state index is -0.515. The number of aryl methyl sites for hydroxylation is 1. The highest BCUT2D eigenvalue weighted by molar-refractivity contribution is 5.78. The molecule has 0 saturated carbocycles. The average Bonchev–Trinajstić information content (AvgIpc) is 2.76. The van der Waals surface area contributed by atoms with Gasteiger partial charge in [-0.15, -0.1) is 0 Å². The predicted molar refractivity (Wildman–Crippen MR) is 109 cm³/mol. The van der Waals surface area contributed by atoms with Gasteiger partial charge < -0.3 is 10.1 Å². The molecule has 3 aromatic rings. The first-order valence-corrected chi connectivity index (χ1v) is 9.36. The summed E-state index contributed by atoms with van der Waals surface area (Å²) in [5.74, 6) is -0.391. The molecule has 0 aliphatic heterocycles. The standard InChI is InChI=1S/C24H21FN2O2/c1-2-17-10-12-18(13-11-17)24(19-7-5-8-21(25)14-19)27-23(28)16-29-22-9-4-3-6-20(22)15-26/h3-14,24H,2,16H2,1H3,(H,27,28)/t24-/m0/s1. The minimum absolute atomic E-state index is 0.252. The maximum Gasteiger partial charge on any atom is 0.258 e. The molecule has 0 fully saturated rings. The Morgan fingerprint density at radius 3 is 2.52 bits per heavy atom. The lowest BCUT2D eigenvalue weighted by Crippen LogP contribution is -2.33. The van der Waals surface area contributed by atoms with Crippen molar-refractivity contribution in [2.24, 2.45) is 0 Å². The Morgan fingerprint density at radius 2 is 1.83 bits per heavy atom. The van der Waals surface area contributed by atoms with E-state index in [0.717, 1.165) is 12.0 Å². The van der Waals surface area contributed by atoms with Crippen LogP contribution >= 0.6 is 0 Å². The van der Waals surface area contributed by atoms with Crippen molar-refractivity contribution < 1.29 is 13.9 Å². The van der Waals surface area contributed by atoms with Gasteiger partial charge in [-0.2, -0.15) is 5.26 Å². The zero-order chi connectivity index (χ0) is 20.6. The van der Waals surface area contributed by atoms with Gasteiger partial charge in [-0.05, 0) is 47.4 Å². The summed E-state index contributed by atoms with van der Waals surface area (Å²) in [5.41, 5.74) is 3.02. The summed E-state index contributed by atoms with van der Waals surface area (Å²) in [4.78, 5) is 12.6. The molecule has 5 heteroatoms. The van der Waals surface area contributed by atoms with Crippen molar-refractivity contribution in [3.8, 4) is 11.8 Å². The van der Waals surface area contributed by atoms with E-state index in [2.05, 4.69) is 12.2 Å². The highest BCUT2D eigenvalue weighted by Gasteiger charge is 2.18. The van der Waals surface area contributed by atoms with E-state index in [9.17, 15) is 9.18 Å². The largest absolute Gasteiger partial charge is 0.482 e. The van der Waals surface area contributed by atoms with Crippen LogP contribution < -0.4 is 10.1 Å². The van der Waals surface area contributed by atoms with Crippen LogP contribution in [0.3, 0.4) is 0 Å². The molecule has 0 spiro atoms. The van der Waals surface area contributed by atoms with E-state index in [1.54, 1.807) is 36.4 Å². The zero-order valence-corrected chi connectivity index (χ0v) is 16.1. The molecule has 1 amide bonds. The van der Waals surface area contributed by atoms with Crippen molar-refractivity contribution in [3.63, 3.8) is 0 Å². The fraction of sp³-hybridized carbons (Fsp3) is 0.167. The maximum atomic E-state index is 13.8. The number of para-hydroxylation sites is 1. The van der Waals surface area contributed by atoms with Gasteiger partial charge in [0.15, 0.2) is 6.61 Å². The number of ether oxygens (including phenoxy) is 1. The number of amides is 1. The third kappa shape index (κ3) is 5.20. The number of benzene rings is 3. The minimum Gasteiger partial charge on any atom is -0.482 e. The van der Waals surface area contributed by atoms with E-state index in [4.69, 9.17) is 10.00 Å². The normalized spacial score (nSPS) is 11.3. The first-order valence-electron chi connectivity index (χ1n) is 9.36. The third-order valence-electron chi connectivity index (χ3n) is 4.57. The van der Waals surface area contributed by atoms with Gasteiger partial charge in [-0.1, -0.05) is 55.5 Å². The highest BCUT2D eigenvalue weighted by Crippen LogP contribution is 2.24. The van der Waals surface area contributed by atoms with Gasteiger partial charge in [0.1, 0.15) is 17.6 Å². The summed E-state index contributed by atoms with van der Waals surface area (Å²) in [6, 6.07) is 22.2. The van der Waals surface area contributed by atoms with Gasteiger partial charge in [0, 0.05) is 0 Å². The van der Waals surface area contributed by atoms with Gasteiger partial charge in [-0.3, -0.25) is 4.79 Å². The molecule has 4 nitrogen and oxygen atoms in total. The molecule has 0 heterocycles. The number of nitrogens with one attached hydrogen (secondary N) is 1. The zero-order valence-electron chi connectivity index (χ0n) is 16.1. The summed E-state index contributed by atoms with van der Waals surface area (Å²) >= 11 is 0. The highest BCUT2D eigenvalue weighted by atomic mass is 19.1. The molecule has 29 heavy (non-hydrogen) atoms. The molecule has 0 radical (unpaired) electrons. The van der Waals surface area contributed by atoms with E-state index >= 15 is 0 Å². The third-order valence-corrected chi connectivity index (χ3v) is 4.57. The van der Waals surface area contributed by atoms with E-state index in [0.29, 0.717) is 16.9 Å². The van der Waals surface area contributed by atoms with Crippen LogP contribution in [0, 0.1) is 17.1 Å². The lowest BCUT2D eigenvalue weighted by Gasteiger charge is -2.20. The number of hydrogen-bond donors (Lipinski definition) is 1. The Balaban J connectivity index is 1.79. The fourth-order valence-corrected chi connectivity index (χ4v) is 3.02. The summed E-state index contributed by atoms with van der Waals surface area (Å²) in [6.45, 7) is 1.81. The van der Waals surface area contributed by atoms with Crippen molar-refractivity contribution in [3.05, 3.63) is 101 Å². The van der Waals surface area contributed by atoms with E-state index < -0.39 is 6.04 Å². The van der Waals surface area contributed by atoms with Gasteiger partial charge >= 0.3 is 0 Å². The first kappa shape index (κ1) is 20.1. The van der Waals surface area contributed by atoms with Crippen molar-refractivity contribution in [1.82, 2.24) is 5.32 Å². The van der Waals surface area contributed by atoms with E-state index in [1.165, 1.54) is 17.7 Å². The van der Waals surface area contributed by atoms with E-state index in [-0.39, 0.29) is 18.3 Å². The Bertz CT molecular complexity index is 1030. The molecule has 0 aliphatic rings. The lowest BCUT2D eigenvalue weighted by atomic mass is 9.97. The van der Waals surface area contributed by atoms with Crippen LogP contribution in [0.2, 0.25) is 0 Å². The van der Waals surface area contributed by atoms with Crippen LogP contribution in [-0.4, -0.2) is 12.5 Å². The Hall–Kier alpha value is -3.65. The van der Waals surface area contributed by atoms with Crippen LogP contribution in [0.4, 0.5) is 4.39 Å². The van der Waals surface area contributed by atoms with Crippen molar-refractivity contribution in [2.75, 3.05) is 6.61 Å². The van der Waals surface area contributed by atoms with Crippen LogP contribution in [0.25, 0.3) is 0 Å². The second-order valence-corrected chi connectivity index (χ2v) is 6.55. The maximum absolute atomic E-state index is 13.8. The number of halogens is 1. The lowest BCUT2D eigenvalue weighted by molar-refractivity contribution is -0.123. The number of hydrogen-bond acceptors (Lipinski definition) is 3. The van der Waals surface area contributed by atoms with Crippen LogP contribution in [0.5, 0.6) is 5.75 Å². The topological polar surface area (TPSA) is 62.1 Å². The van der Waals surface area contributed by atoms with Gasteiger partial charge in [0.05, 0.1) is 11.6 Å². The number of carbonyl (C=O) groups excluding carboxylic acids is 1. The van der Waals surface area contributed by atoms with Crippen molar-refractivity contribution >= 4 is 5.91 Å². The van der Waals surface area contributed by atoms with Gasteiger partial charge in [0.25, 0.3) is 5.91 Å². The summed E-state index contributed by atoms with van der Waals surface area (Å²) in [6.07, 6.45) is 0.906. The number of nitriles is 1. The second kappa shape index (κ2) is 9.52. The van der Waals surface area contributed by atoms with Crippen molar-refractivity contribution in [1.29, 1.82) is 5.26 Å². The molecule has 1 atom stereocenters. The predicted octanol–water partition coefficient (Wildman–Crippen LogP) is 4.54. The van der Waals surface area contributed by atoms with Crippen LogP contribution in [0.15, 0.2) is 72.8 Å². The van der Waals surface area contributed by atoms with Crippen LogP contribution in [0.1, 0.15) is 35.2 Å². The Kier molecular flexibility index (Phi) is 6.59. The molecule has 3 aromatic carbocycles. The molecule has 0 aliphatic carbocycles. The molecule has 0 saturated heterocycles. The number of carbonyl (C=O) groups is 1. The molecule has 0 unspecified atom stereocenters. The number of nitrogens with zero attached hydrogens (tertiary/aromatic N) is 1. The molecular weight excluding hydrogens is 367 g/mol. The van der Waals surface area contributed by atoms with Gasteiger partial charge in [-0.25, -0.2) is 4.39 Å². The Morgan fingerprint density at radius 1 is 1.07 bits per heavy atom. The monoisotopic (exact) mass is 388 g/mol. The van der Waals surface area contributed by atoms with E-state index in [1.807, 2.05) is 30.3 Å². The Labute approximate surface area is 169 Å². The summed E-state index contributed by atoms with van der Waals surface area (Å²) < 4.78 is 19.3. The van der Waals surface area contributed by atoms with Gasteiger partial charge in [0.2, 0.25) is 0 Å². The van der Waals surface area contributed by atoms with Crippen molar-refractivity contribution in [2.45, 2.75) is 19.4 Å². The number of rotatable bonds is 7. The first-order chi connectivity index (χ1) is 14.1. The summed E-state index contributed by atoms with van der Waals surface area (Å²) in [5, 5.41) is 12.0. The molecule has 0 bridgehead atoms. The average molecular weight is 388 g/mol. The smallest absolute Gasteiger partial charge is 0.258 e. The molecule has 3 rings (SSSR count). The molecule has 0 aromatic heterocycles. The fourth-order valence-electron chi connectivity index (χ4n) is 3.02. The molecular formula is C24H21FN2O2. The SMILES string of the molecule is CCc1ccc([C@H](NC(=O)COc2ccccc2C#N)c2cccc(F)c2)cc1. The molecule has 146 valence electrons. The molecule has 1 N–H and O–H groups in total. The second-order valence-electron chi connectivity index (χ2n) is 6.55. The summed E-state index contributed by atoms with van der Waals surface area (Å²) in [7, 11) is 0. The van der Waals surface area contributed by atoms with Crippen LogP contribution in [-0.2, 0) is 11.2 Å². The quantitative estimate of drug-likeness (QED) is 0.646.